The van der Waals surface area contributed by atoms with Crippen molar-refractivity contribution in [1.82, 2.24) is 0 Å². The van der Waals surface area contributed by atoms with Crippen LogP contribution in [0.1, 0.15) is 15.9 Å². The van der Waals surface area contributed by atoms with Gasteiger partial charge in [-0.1, -0.05) is 24.3 Å². The van der Waals surface area contributed by atoms with Gasteiger partial charge in [0.05, 0.1) is 25.5 Å². The van der Waals surface area contributed by atoms with Crippen LogP contribution in [0.4, 0.5) is 5.69 Å². The van der Waals surface area contributed by atoms with Gasteiger partial charge in [0.2, 0.25) is 0 Å². The molecule has 4 nitrogen and oxygen atoms in total. The SMILES string of the molecule is COc1ccccc1C(=O)C=Cc1ccc(N(C)C)c(OC)c1. The monoisotopic (exact) mass is 311 g/mol. The molecule has 0 amide bonds. The molecule has 0 bridgehead atoms. The molecule has 0 N–H and O–H groups in total. The first-order valence-electron chi connectivity index (χ1n) is 7.27. The molecule has 0 aliphatic carbocycles. The minimum Gasteiger partial charge on any atom is -0.496 e. The summed E-state index contributed by atoms with van der Waals surface area (Å²) in [5.41, 5.74) is 2.43. The van der Waals surface area contributed by atoms with Crippen LogP contribution in [0.5, 0.6) is 11.5 Å². The van der Waals surface area contributed by atoms with Crippen molar-refractivity contribution in [2.45, 2.75) is 0 Å². The Morgan fingerprint density at radius 3 is 2.35 bits per heavy atom. The highest BCUT2D eigenvalue weighted by atomic mass is 16.5. The average molecular weight is 311 g/mol. The third-order valence-corrected chi connectivity index (χ3v) is 3.49. The number of ketones is 1. The molecule has 120 valence electrons. The highest BCUT2D eigenvalue weighted by Gasteiger charge is 2.09. The van der Waals surface area contributed by atoms with E-state index in [0.29, 0.717) is 11.3 Å². The predicted molar refractivity (Wildman–Crippen MR) is 93.7 cm³/mol. The lowest BCUT2D eigenvalue weighted by molar-refractivity contribution is 0.104. The van der Waals surface area contributed by atoms with Crippen LogP contribution in [0.3, 0.4) is 0 Å². The number of carbonyl (C=O) groups excluding carboxylic acids is 1. The first-order chi connectivity index (χ1) is 11.1. The summed E-state index contributed by atoms with van der Waals surface area (Å²) in [5.74, 6) is 1.24. The number of para-hydroxylation sites is 1. The van der Waals surface area contributed by atoms with Crippen molar-refractivity contribution < 1.29 is 14.3 Å². The third-order valence-electron chi connectivity index (χ3n) is 3.49. The molecule has 0 saturated heterocycles. The molecule has 0 fully saturated rings. The van der Waals surface area contributed by atoms with E-state index in [0.717, 1.165) is 17.0 Å². The molecule has 0 unspecified atom stereocenters. The molecule has 0 aliphatic rings. The number of nitrogens with zero attached hydrogens (tertiary/aromatic N) is 1. The van der Waals surface area contributed by atoms with Crippen LogP contribution in [-0.2, 0) is 0 Å². The van der Waals surface area contributed by atoms with Crippen LogP contribution >= 0.6 is 0 Å². The highest BCUT2D eigenvalue weighted by Crippen LogP contribution is 2.28. The van der Waals surface area contributed by atoms with Gasteiger partial charge in [-0.2, -0.15) is 0 Å². The van der Waals surface area contributed by atoms with Crippen LogP contribution in [-0.4, -0.2) is 34.1 Å². The lowest BCUT2D eigenvalue weighted by Crippen LogP contribution is -2.10. The summed E-state index contributed by atoms with van der Waals surface area (Å²) in [6.45, 7) is 0. The first-order valence-corrected chi connectivity index (χ1v) is 7.27. The van der Waals surface area contributed by atoms with Crippen molar-refractivity contribution >= 4 is 17.5 Å². The second kappa shape index (κ2) is 7.49. The van der Waals surface area contributed by atoms with Crippen LogP contribution in [0.25, 0.3) is 6.08 Å². The molecular formula is C19H21NO3. The number of hydrogen-bond acceptors (Lipinski definition) is 4. The summed E-state index contributed by atoms with van der Waals surface area (Å²) >= 11 is 0. The predicted octanol–water partition coefficient (Wildman–Crippen LogP) is 3.67. The zero-order valence-electron chi connectivity index (χ0n) is 13.9. The molecule has 0 heterocycles. The van der Waals surface area contributed by atoms with E-state index in [1.54, 1.807) is 38.5 Å². The fourth-order valence-corrected chi connectivity index (χ4v) is 2.28. The Bertz CT molecular complexity index is 720. The topological polar surface area (TPSA) is 38.8 Å². The normalized spacial score (nSPS) is 10.6. The Kier molecular flexibility index (Phi) is 5.41. The van der Waals surface area contributed by atoms with E-state index in [1.165, 1.54) is 0 Å². The number of carbonyl (C=O) groups is 1. The van der Waals surface area contributed by atoms with E-state index in [2.05, 4.69) is 0 Å². The Labute approximate surface area is 137 Å². The van der Waals surface area contributed by atoms with E-state index in [-0.39, 0.29) is 5.78 Å². The minimum absolute atomic E-state index is 0.0990. The van der Waals surface area contributed by atoms with E-state index in [4.69, 9.17) is 9.47 Å². The maximum Gasteiger partial charge on any atom is 0.189 e. The molecule has 0 radical (unpaired) electrons. The molecule has 2 aromatic carbocycles. The zero-order chi connectivity index (χ0) is 16.8. The summed E-state index contributed by atoms with van der Waals surface area (Å²) < 4.78 is 10.6. The second-order valence-electron chi connectivity index (χ2n) is 5.22. The highest BCUT2D eigenvalue weighted by molar-refractivity contribution is 6.08. The zero-order valence-corrected chi connectivity index (χ0v) is 13.9. The minimum atomic E-state index is -0.0990. The van der Waals surface area contributed by atoms with E-state index >= 15 is 0 Å². The lowest BCUT2D eigenvalue weighted by atomic mass is 10.1. The number of ether oxygens (including phenoxy) is 2. The molecule has 2 aromatic rings. The summed E-state index contributed by atoms with van der Waals surface area (Å²) in [7, 11) is 7.10. The number of anilines is 1. The Morgan fingerprint density at radius 1 is 1.00 bits per heavy atom. The van der Waals surface area contributed by atoms with Crippen molar-refractivity contribution in [3.05, 3.63) is 59.7 Å². The van der Waals surface area contributed by atoms with Crippen molar-refractivity contribution in [3.8, 4) is 11.5 Å². The Morgan fingerprint density at radius 2 is 1.70 bits per heavy atom. The van der Waals surface area contributed by atoms with Crippen molar-refractivity contribution in [2.75, 3.05) is 33.2 Å². The van der Waals surface area contributed by atoms with Gasteiger partial charge in [-0.15, -0.1) is 0 Å². The van der Waals surface area contributed by atoms with Gasteiger partial charge >= 0.3 is 0 Å². The number of allylic oxidation sites excluding steroid dienone is 1. The molecule has 0 saturated carbocycles. The smallest absolute Gasteiger partial charge is 0.189 e. The van der Waals surface area contributed by atoms with Gasteiger partial charge in [0.1, 0.15) is 11.5 Å². The van der Waals surface area contributed by atoms with Gasteiger partial charge < -0.3 is 14.4 Å². The van der Waals surface area contributed by atoms with Gasteiger partial charge in [-0.3, -0.25) is 4.79 Å². The molecule has 23 heavy (non-hydrogen) atoms. The summed E-state index contributed by atoms with van der Waals surface area (Å²) in [6, 6.07) is 13.0. The molecule has 2 rings (SSSR count). The van der Waals surface area contributed by atoms with E-state index in [9.17, 15) is 4.79 Å². The molecule has 0 aliphatic heterocycles. The summed E-state index contributed by atoms with van der Waals surface area (Å²) in [5, 5.41) is 0. The number of methoxy groups -OCH3 is 2. The quantitative estimate of drug-likeness (QED) is 0.603. The maximum atomic E-state index is 12.3. The van der Waals surface area contributed by atoms with Crippen molar-refractivity contribution in [1.29, 1.82) is 0 Å². The fourth-order valence-electron chi connectivity index (χ4n) is 2.28. The van der Waals surface area contributed by atoms with Gasteiger partial charge in [-0.25, -0.2) is 0 Å². The summed E-state index contributed by atoms with van der Waals surface area (Å²) in [4.78, 5) is 14.3. The second-order valence-corrected chi connectivity index (χ2v) is 5.22. The fraction of sp³-hybridized carbons (Fsp3) is 0.211. The van der Waals surface area contributed by atoms with Gasteiger partial charge in [0.15, 0.2) is 5.78 Å². The number of benzene rings is 2. The van der Waals surface area contributed by atoms with Crippen LogP contribution < -0.4 is 14.4 Å². The van der Waals surface area contributed by atoms with Crippen molar-refractivity contribution in [3.63, 3.8) is 0 Å². The third kappa shape index (κ3) is 3.92. The number of rotatable bonds is 6. The molecule has 0 spiro atoms. The Balaban J connectivity index is 2.24. The molecule has 0 aromatic heterocycles. The summed E-state index contributed by atoms with van der Waals surface area (Å²) in [6.07, 6.45) is 3.32. The van der Waals surface area contributed by atoms with Crippen molar-refractivity contribution in [2.24, 2.45) is 0 Å². The molecule has 4 heteroatoms. The van der Waals surface area contributed by atoms with Crippen LogP contribution in [0.15, 0.2) is 48.5 Å². The average Bonchev–Trinajstić information content (AvgIpc) is 2.59. The van der Waals surface area contributed by atoms with Crippen LogP contribution in [0, 0.1) is 0 Å². The Hall–Kier alpha value is -2.75. The molecule has 0 atom stereocenters. The maximum absolute atomic E-state index is 12.3. The molecular weight excluding hydrogens is 290 g/mol. The van der Waals surface area contributed by atoms with Crippen LogP contribution in [0.2, 0.25) is 0 Å². The van der Waals surface area contributed by atoms with Gasteiger partial charge in [-0.05, 0) is 35.9 Å². The number of hydrogen-bond donors (Lipinski definition) is 0. The largest absolute Gasteiger partial charge is 0.496 e. The lowest BCUT2D eigenvalue weighted by Gasteiger charge is -2.16. The van der Waals surface area contributed by atoms with Gasteiger partial charge in [0.25, 0.3) is 0 Å². The first kappa shape index (κ1) is 16.6. The van der Waals surface area contributed by atoms with Gasteiger partial charge in [0, 0.05) is 14.1 Å². The van der Waals surface area contributed by atoms with E-state index in [1.807, 2.05) is 49.3 Å². The standard InChI is InChI=1S/C19H21NO3/c1-20(2)16-11-9-14(13-19(16)23-4)10-12-17(21)15-7-5-6-8-18(15)22-3/h5-13H,1-4H3. The van der Waals surface area contributed by atoms with E-state index < -0.39 is 0 Å².